The van der Waals surface area contributed by atoms with Crippen molar-refractivity contribution in [2.75, 3.05) is 40.8 Å². The van der Waals surface area contributed by atoms with E-state index in [1.165, 1.54) is 32.5 Å². The first-order valence-electron chi connectivity index (χ1n) is 6.52. The highest BCUT2D eigenvalue weighted by molar-refractivity contribution is 4.98. The zero-order chi connectivity index (χ0) is 11.9. The van der Waals surface area contributed by atoms with Gasteiger partial charge in [0.1, 0.15) is 0 Å². The number of hydrogen-bond acceptors (Lipinski definition) is 3. The fourth-order valence-corrected chi connectivity index (χ4v) is 3.13. The molecule has 0 aromatic rings. The fraction of sp³-hybridized carbons (Fsp3) is 1.00. The molecule has 0 radical (unpaired) electrons. The van der Waals surface area contributed by atoms with E-state index in [1.54, 1.807) is 0 Å². The van der Waals surface area contributed by atoms with E-state index in [9.17, 15) is 0 Å². The topological polar surface area (TPSA) is 9.72 Å². The van der Waals surface area contributed by atoms with Gasteiger partial charge in [0.2, 0.25) is 0 Å². The molecule has 0 amide bonds. The molecule has 2 aliphatic heterocycles. The second kappa shape index (κ2) is 4.28. The van der Waals surface area contributed by atoms with Crippen LogP contribution in [0.3, 0.4) is 0 Å². The number of nitrogens with zero attached hydrogens (tertiary/aromatic N) is 3. The molecule has 2 unspecified atom stereocenters. The van der Waals surface area contributed by atoms with Crippen LogP contribution in [0.15, 0.2) is 0 Å². The van der Waals surface area contributed by atoms with E-state index in [4.69, 9.17) is 0 Å². The van der Waals surface area contributed by atoms with Crippen molar-refractivity contribution in [3.63, 3.8) is 0 Å². The van der Waals surface area contributed by atoms with Crippen molar-refractivity contribution in [2.45, 2.75) is 44.3 Å². The minimum absolute atomic E-state index is 0.390. The van der Waals surface area contributed by atoms with Gasteiger partial charge in [0.05, 0.1) is 0 Å². The van der Waals surface area contributed by atoms with Crippen LogP contribution >= 0.6 is 0 Å². The van der Waals surface area contributed by atoms with Crippen LogP contribution in [-0.2, 0) is 0 Å². The van der Waals surface area contributed by atoms with Crippen molar-refractivity contribution in [2.24, 2.45) is 0 Å². The highest BCUT2D eigenvalue weighted by atomic mass is 15.3. The standard InChI is InChI=1S/C13H27N3/c1-13(2)8-12(9-15(13)5)16-7-6-11(10-16)14(3)4/h11-12H,6-10H2,1-5H3. The third-order valence-electron chi connectivity index (χ3n) is 4.69. The Bertz CT molecular complexity index is 250. The van der Waals surface area contributed by atoms with Crippen LogP contribution in [0.1, 0.15) is 26.7 Å². The summed E-state index contributed by atoms with van der Waals surface area (Å²) in [6.45, 7) is 8.53. The normalized spacial score (nSPS) is 36.4. The summed E-state index contributed by atoms with van der Waals surface area (Å²) in [6.07, 6.45) is 2.66. The molecule has 0 spiro atoms. The Morgan fingerprint density at radius 1 is 1.19 bits per heavy atom. The van der Waals surface area contributed by atoms with Gasteiger partial charge >= 0.3 is 0 Å². The third kappa shape index (κ3) is 2.27. The van der Waals surface area contributed by atoms with Gasteiger partial charge < -0.3 is 4.90 Å². The Morgan fingerprint density at radius 2 is 1.88 bits per heavy atom. The van der Waals surface area contributed by atoms with E-state index < -0.39 is 0 Å². The minimum atomic E-state index is 0.390. The summed E-state index contributed by atoms with van der Waals surface area (Å²) in [5.41, 5.74) is 0.390. The molecule has 2 rings (SSSR count). The van der Waals surface area contributed by atoms with Gasteiger partial charge in [0.15, 0.2) is 0 Å². The first-order valence-corrected chi connectivity index (χ1v) is 6.52. The molecule has 0 aliphatic carbocycles. The molecule has 2 saturated heterocycles. The second-order valence-corrected chi connectivity index (χ2v) is 6.45. The van der Waals surface area contributed by atoms with E-state index in [1.807, 2.05) is 0 Å². The van der Waals surface area contributed by atoms with E-state index in [-0.39, 0.29) is 0 Å². The maximum absolute atomic E-state index is 2.70. The van der Waals surface area contributed by atoms with Crippen LogP contribution in [-0.4, -0.2) is 73.1 Å². The van der Waals surface area contributed by atoms with Gasteiger partial charge in [0.25, 0.3) is 0 Å². The largest absolute Gasteiger partial charge is 0.305 e. The lowest BCUT2D eigenvalue weighted by molar-refractivity contribution is 0.211. The van der Waals surface area contributed by atoms with Crippen molar-refractivity contribution in [1.82, 2.24) is 14.7 Å². The molecule has 2 atom stereocenters. The molecule has 0 N–H and O–H groups in total. The molecule has 0 aromatic heterocycles. The highest BCUT2D eigenvalue weighted by Crippen LogP contribution is 2.31. The Morgan fingerprint density at radius 3 is 2.31 bits per heavy atom. The Balaban J connectivity index is 1.92. The van der Waals surface area contributed by atoms with Crippen LogP contribution in [0.4, 0.5) is 0 Å². The third-order valence-corrected chi connectivity index (χ3v) is 4.69. The summed E-state index contributed by atoms with van der Waals surface area (Å²) in [6, 6.07) is 1.55. The van der Waals surface area contributed by atoms with Crippen molar-refractivity contribution < 1.29 is 0 Å². The van der Waals surface area contributed by atoms with Crippen molar-refractivity contribution in [1.29, 1.82) is 0 Å². The van der Waals surface area contributed by atoms with E-state index in [0.29, 0.717) is 5.54 Å². The van der Waals surface area contributed by atoms with Crippen molar-refractivity contribution in [3.8, 4) is 0 Å². The average Bonchev–Trinajstić information content (AvgIpc) is 2.72. The summed E-state index contributed by atoms with van der Waals surface area (Å²) in [4.78, 5) is 7.60. The van der Waals surface area contributed by atoms with Gasteiger partial charge in [0, 0.05) is 37.3 Å². The van der Waals surface area contributed by atoms with Crippen molar-refractivity contribution in [3.05, 3.63) is 0 Å². The van der Waals surface area contributed by atoms with Gasteiger partial charge in [-0.1, -0.05) is 0 Å². The lowest BCUT2D eigenvalue weighted by Gasteiger charge is -2.27. The van der Waals surface area contributed by atoms with E-state index in [2.05, 4.69) is 49.7 Å². The fourth-order valence-electron chi connectivity index (χ4n) is 3.13. The van der Waals surface area contributed by atoms with Crippen LogP contribution in [0.5, 0.6) is 0 Å². The first-order chi connectivity index (χ1) is 7.40. The molecular formula is C13H27N3. The lowest BCUT2D eigenvalue weighted by Crippen LogP contribution is -2.38. The molecule has 0 saturated carbocycles. The van der Waals surface area contributed by atoms with Crippen LogP contribution in [0.25, 0.3) is 0 Å². The van der Waals surface area contributed by atoms with Gasteiger partial charge in [-0.2, -0.15) is 0 Å². The molecule has 2 fully saturated rings. The SMILES string of the molecule is CN(C)C1CCN(C2CN(C)C(C)(C)C2)C1. The van der Waals surface area contributed by atoms with Gasteiger partial charge in [-0.15, -0.1) is 0 Å². The predicted molar refractivity (Wildman–Crippen MR) is 68.8 cm³/mol. The summed E-state index contributed by atoms with van der Waals surface area (Å²) >= 11 is 0. The maximum Gasteiger partial charge on any atom is 0.0241 e. The monoisotopic (exact) mass is 225 g/mol. The summed E-state index contributed by atoms with van der Waals surface area (Å²) in [7, 11) is 6.68. The van der Waals surface area contributed by atoms with Crippen LogP contribution in [0.2, 0.25) is 0 Å². The van der Waals surface area contributed by atoms with Gasteiger partial charge in [-0.3, -0.25) is 9.80 Å². The molecule has 0 bridgehead atoms. The first kappa shape index (κ1) is 12.3. The Hall–Kier alpha value is -0.120. The number of hydrogen-bond donors (Lipinski definition) is 0. The van der Waals surface area contributed by atoms with Gasteiger partial charge in [-0.25, -0.2) is 0 Å². The Kier molecular flexibility index (Phi) is 3.30. The van der Waals surface area contributed by atoms with Gasteiger partial charge in [-0.05, 0) is 47.8 Å². The van der Waals surface area contributed by atoms with Crippen LogP contribution < -0.4 is 0 Å². The predicted octanol–water partition coefficient (Wildman–Crippen LogP) is 1.10. The van der Waals surface area contributed by atoms with Crippen LogP contribution in [0, 0.1) is 0 Å². The molecule has 3 nitrogen and oxygen atoms in total. The molecule has 16 heavy (non-hydrogen) atoms. The van der Waals surface area contributed by atoms with E-state index >= 15 is 0 Å². The average molecular weight is 225 g/mol. The molecule has 0 aromatic carbocycles. The summed E-state index contributed by atoms with van der Waals surface area (Å²) < 4.78 is 0. The molecule has 3 heteroatoms. The molecular weight excluding hydrogens is 198 g/mol. The number of likely N-dealkylation sites (tertiary alicyclic amines) is 2. The minimum Gasteiger partial charge on any atom is -0.305 e. The highest BCUT2D eigenvalue weighted by Gasteiger charge is 2.40. The van der Waals surface area contributed by atoms with Crippen molar-refractivity contribution >= 4 is 0 Å². The summed E-state index contributed by atoms with van der Waals surface area (Å²) in [5.74, 6) is 0. The number of likely N-dealkylation sites (N-methyl/N-ethyl adjacent to an activating group) is 2. The quantitative estimate of drug-likeness (QED) is 0.697. The lowest BCUT2D eigenvalue weighted by atomic mass is 10.00. The zero-order valence-electron chi connectivity index (χ0n) is 11.5. The van der Waals surface area contributed by atoms with E-state index in [0.717, 1.165) is 12.1 Å². The molecule has 2 aliphatic rings. The number of rotatable bonds is 2. The maximum atomic E-state index is 2.70. The zero-order valence-corrected chi connectivity index (χ0v) is 11.5. The molecule has 94 valence electrons. The second-order valence-electron chi connectivity index (χ2n) is 6.45. The Labute approximate surface area is 100 Å². The smallest absolute Gasteiger partial charge is 0.0241 e. The molecule has 2 heterocycles. The summed E-state index contributed by atoms with van der Waals surface area (Å²) in [5, 5.41) is 0.